The van der Waals surface area contributed by atoms with E-state index < -0.39 is 0 Å². The molecule has 0 fully saturated rings. The van der Waals surface area contributed by atoms with Crippen LogP contribution in [0.2, 0.25) is 0 Å². The zero-order valence-electron chi connectivity index (χ0n) is 14.4. The molecule has 0 aliphatic rings. The van der Waals surface area contributed by atoms with E-state index in [4.69, 9.17) is 4.52 Å². The number of anilines is 1. The molecule has 5 nitrogen and oxygen atoms in total. The number of aromatic nitrogens is 2. The summed E-state index contributed by atoms with van der Waals surface area (Å²) in [5.74, 6) is 0.453. The SMILES string of the molecule is Cc1nc(-c2ccc(F)cc2)sc1C(=O)Nc1cc(C(C)(C)C)on1. The Kier molecular flexibility index (Phi) is 4.43. The first-order valence-electron chi connectivity index (χ1n) is 7.76. The van der Waals surface area contributed by atoms with Crippen LogP contribution in [-0.2, 0) is 5.41 Å². The van der Waals surface area contributed by atoms with Crippen LogP contribution in [0.15, 0.2) is 34.9 Å². The molecule has 7 heteroatoms. The molecule has 0 radical (unpaired) electrons. The third-order valence-corrected chi connectivity index (χ3v) is 4.79. The van der Waals surface area contributed by atoms with Crippen LogP contribution in [0.3, 0.4) is 0 Å². The summed E-state index contributed by atoms with van der Waals surface area (Å²) in [6, 6.07) is 7.74. The molecule has 1 N–H and O–H groups in total. The summed E-state index contributed by atoms with van der Waals surface area (Å²) in [6.45, 7) is 7.77. The molecule has 3 rings (SSSR count). The van der Waals surface area contributed by atoms with Gasteiger partial charge in [-0.15, -0.1) is 11.3 Å². The van der Waals surface area contributed by atoms with Gasteiger partial charge in [-0.2, -0.15) is 0 Å². The Morgan fingerprint density at radius 1 is 1.24 bits per heavy atom. The van der Waals surface area contributed by atoms with Crippen molar-refractivity contribution in [2.45, 2.75) is 33.1 Å². The van der Waals surface area contributed by atoms with Gasteiger partial charge in [0, 0.05) is 17.0 Å². The molecule has 0 aliphatic carbocycles. The zero-order chi connectivity index (χ0) is 18.2. The van der Waals surface area contributed by atoms with E-state index in [0.717, 1.165) is 5.56 Å². The standard InChI is InChI=1S/C18H18FN3O2S/c1-10-15(25-17(20-10)11-5-7-12(19)8-6-11)16(23)21-14-9-13(24-22-14)18(2,3)4/h5-9H,1-4H3,(H,21,22,23). The van der Waals surface area contributed by atoms with E-state index in [1.165, 1.54) is 23.5 Å². The number of amides is 1. The summed E-state index contributed by atoms with van der Waals surface area (Å²) in [5, 5.41) is 7.29. The highest BCUT2D eigenvalue weighted by Gasteiger charge is 2.22. The van der Waals surface area contributed by atoms with Gasteiger partial charge in [0.2, 0.25) is 0 Å². The van der Waals surface area contributed by atoms with Gasteiger partial charge in [-0.05, 0) is 31.2 Å². The fourth-order valence-electron chi connectivity index (χ4n) is 2.18. The largest absolute Gasteiger partial charge is 0.359 e. The van der Waals surface area contributed by atoms with Gasteiger partial charge in [0.25, 0.3) is 5.91 Å². The second kappa shape index (κ2) is 6.40. The Morgan fingerprint density at radius 3 is 2.52 bits per heavy atom. The lowest BCUT2D eigenvalue weighted by Crippen LogP contribution is -2.12. The van der Waals surface area contributed by atoms with E-state index in [1.807, 2.05) is 20.8 Å². The van der Waals surface area contributed by atoms with Crippen molar-refractivity contribution < 1.29 is 13.7 Å². The zero-order valence-corrected chi connectivity index (χ0v) is 15.2. The average Bonchev–Trinajstić information content (AvgIpc) is 3.14. The minimum Gasteiger partial charge on any atom is -0.359 e. The maximum atomic E-state index is 13.0. The van der Waals surface area contributed by atoms with Crippen LogP contribution in [0.5, 0.6) is 0 Å². The third-order valence-electron chi connectivity index (χ3n) is 3.58. The minimum atomic E-state index is -0.310. The molecule has 1 aromatic carbocycles. The first-order chi connectivity index (χ1) is 11.7. The number of halogens is 1. The first kappa shape index (κ1) is 17.3. The fourth-order valence-corrected chi connectivity index (χ4v) is 3.15. The molecule has 0 aliphatic heterocycles. The Labute approximate surface area is 148 Å². The molecule has 0 atom stereocenters. The van der Waals surface area contributed by atoms with Crippen molar-refractivity contribution in [2.75, 3.05) is 5.32 Å². The van der Waals surface area contributed by atoms with Gasteiger partial charge >= 0.3 is 0 Å². The molecular weight excluding hydrogens is 341 g/mol. The lowest BCUT2D eigenvalue weighted by Gasteiger charge is -2.11. The highest BCUT2D eigenvalue weighted by molar-refractivity contribution is 7.17. The van der Waals surface area contributed by atoms with Crippen LogP contribution < -0.4 is 5.32 Å². The van der Waals surface area contributed by atoms with Crippen molar-refractivity contribution in [3.8, 4) is 10.6 Å². The Morgan fingerprint density at radius 2 is 1.92 bits per heavy atom. The number of aryl methyl sites for hydroxylation is 1. The van der Waals surface area contributed by atoms with Gasteiger partial charge in [-0.3, -0.25) is 4.79 Å². The van der Waals surface area contributed by atoms with Gasteiger partial charge in [0.1, 0.15) is 21.5 Å². The summed E-state index contributed by atoms with van der Waals surface area (Å²) in [6.07, 6.45) is 0. The van der Waals surface area contributed by atoms with Crippen LogP contribution in [0.25, 0.3) is 10.6 Å². The third kappa shape index (κ3) is 3.76. The van der Waals surface area contributed by atoms with E-state index in [0.29, 0.717) is 27.2 Å². The highest BCUT2D eigenvalue weighted by atomic mass is 32.1. The van der Waals surface area contributed by atoms with Crippen LogP contribution in [-0.4, -0.2) is 16.0 Å². The average molecular weight is 359 g/mol. The van der Waals surface area contributed by atoms with Crippen molar-refractivity contribution in [1.29, 1.82) is 0 Å². The van der Waals surface area contributed by atoms with Gasteiger partial charge in [-0.25, -0.2) is 9.37 Å². The van der Waals surface area contributed by atoms with E-state index >= 15 is 0 Å². The number of carbonyl (C=O) groups is 1. The maximum Gasteiger partial charge on any atom is 0.268 e. The minimum absolute atomic E-state index is 0.188. The molecular formula is C18H18FN3O2S. The molecule has 0 spiro atoms. The molecule has 2 heterocycles. The summed E-state index contributed by atoms with van der Waals surface area (Å²) in [4.78, 5) is 17.4. The molecule has 0 saturated heterocycles. The van der Waals surface area contributed by atoms with E-state index in [9.17, 15) is 9.18 Å². The number of rotatable bonds is 3. The number of benzene rings is 1. The number of carbonyl (C=O) groups excluding carboxylic acids is 1. The van der Waals surface area contributed by atoms with Gasteiger partial charge in [0.05, 0.1) is 5.69 Å². The molecule has 1 amide bonds. The van der Waals surface area contributed by atoms with E-state index in [1.54, 1.807) is 25.1 Å². The molecule has 25 heavy (non-hydrogen) atoms. The van der Waals surface area contributed by atoms with Gasteiger partial charge in [-0.1, -0.05) is 25.9 Å². The lowest BCUT2D eigenvalue weighted by molar-refractivity contribution is 0.102. The van der Waals surface area contributed by atoms with Crippen molar-refractivity contribution in [1.82, 2.24) is 10.1 Å². The fraction of sp³-hybridized carbons (Fsp3) is 0.278. The second-order valence-electron chi connectivity index (χ2n) is 6.72. The van der Waals surface area contributed by atoms with Crippen LogP contribution >= 0.6 is 11.3 Å². The lowest BCUT2D eigenvalue weighted by atomic mass is 9.93. The first-order valence-corrected chi connectivity index (χ1v) is 8.57. The summed E-state index contributed by atoms with van der Waals surface area (Å²) < 4.78 is 18.3. The monoisotopic (exact) mass is 359 g/mol. The number of hydrogen-bond donors (Lipinski definition) is 1. The van der Waals surface area contributed by atoms with Gasteiger partial charge < -0.3 is 9.84 Å². The summed E-state index contributed by atoms with van der Waals surface area (Å²) >= 11 is 1.25. The molecule has 2 aromatic heterocycles. The van der Waals surface area contributed by atoms with E-state index in [-0.39, 0.29) is 17.1 Å². The Bertz CT molecular complexity index is 907. The highest BCUT2D eigenvalue weighted by Crippen LogP contribution is 2.29. The number of nitrogens with one attached hydrogen (secondary N) is 1. The van der Waals surface area contributed by atoms with E-state index in [2.05, 4.69) is 15.5 Å². The molecule has 130 valence electrons. The summed E-state index contributed by atoms with van der Waals surface area (Å²) in [5.41, 5.74) is 1.19. The Hall–Kier alpha value is -2.54. The number of thiazole rings is 1. The predicted molar refractivity (Wildman–Crippen MR) is 95.4 cm³/mol. The quantitative estimate of drug-likeness (QED) is 0.730. The van der Waals surface area contributed by atoms with Crippen molar-refractivity contribution in [2.24, 2.45) is 0 Å². The van der Waals surface area contributed by atoms with Crippen LogP contribution in [0, 0.1) is 12.7 Å². The van der Waals surface area contributed by atoms with Crippen molar-refractivity contribution in [3.05, 3.63) is 52.5 Å². The smallest absolute Gasteiger partial charge is 0.268 e. The molecule has 0 bridgehead atoms. The molecule has 3 aromatic rings. The summed E-state index contributed by atoms with van der Waals surface area (Å²) in [7, 11) is 0. The molecule has 0 saturated carbocycles. The topological polar surface area (TPSA) is 68.0 Å². The van der Waals surface area contributed by atoms with Crippen molar-refractivity contribution in [3.63, 3.8) is 0 Å². The predicted octanol–water partition coefficient (Wildman–Crippen LogP) is 4.80. The van der Waals surface area contributed by atoms with Gasteiger partial charge in [0.15, 0.2) is 5.82 Å². The van der Waals surface area contributed by atoms with Crippen LogP contribution in [0.4, 0.5) is 10.2 Å². The van der Waals surface area contributed by atoms with Crippen molar-refractivity contribution >= 4 is 23.1 Å². The maximum absolute atomic E-state index is 13.0. The second-order valence-corrected chi connectivity index (χ2v) is 7.72. The normalized spacial score (nSPS) is 11.6. The van der Waals surface area contributed by atoms with Crippen LogP contribution in [0.1, 0.15) is 41.9 Å². The Balaban J connectivity index is 1.81. The number of nitrogens with zero attached hydrogens (tertiary/aromatic N) is 2. The number of hydrogen-bond acceptors (Lipinski definition) is 5. The molecule has 0 unspecified atom stereocenters.